The number of carbonyl (C=O) groups excluding carboxylic acids is 1. The van der Waals surface area contributed by atoms with Crippen LogP contribution in [0.25, 0.3) is 0 Å². The van der Waals surface area contributed by atoms with Crippen molar-refractivity contribution in [3.8, 4) is 11.5 Å². The molecule has 110 valence electrons. The summed E-state index contributed by atoms with van der Waals surface area (Å²) in [6, 6.07) is 7.94. The molecule has 21 heavy (non-hydrogen) atoms. The van der Waals surface area contributed by atoms with Crippen LogP contribution in [0.15, 0.2) is 30.3 Å². The van der Waals surface area contributed by atoms with E-state index in [0.29, 0.717) is 22.7 Å². The molecule has 0 atom stereocenters. The Balaban J connectivity index is 2.26. The van der Waals surface area contributed by atoms with E-state index in [9.17, 15) is 4.79 Å². The van der Waals surface area contributed by atoms with E-state index in [-0.39, 0.29) is 16.9 Å². The number of hydrogen-bond acceptors (Lipinski definition) is 5. The van der Waals surface area contributed by atoms with E-state index < -0.39 is 0 Å². The van der Waals surface area contributed by atoms with Gasteiger partial charge in [0.2, 0.25) is 0 Å². The standard InChI is InChI=1S/C14H14ClN3O3/c1-20-9-3-4-10(11(7-9)21-2)17-14(19)8-5-12(15)18-13(16)6-8/h3-7H,1-2H3,(H2,16,18)(H,17,19). The summed E-state index contributed by atoms with van der Waals surface area (Å²) in [4.78, 5) is 16.0. The van der Waals surface area contributed by atoms with Gasteiger partial charge >= 0.3 is 0 Å². The van der Waals surface area contributed by atoms with Crippen molar-refractivity contribution in [2.45, 2.75) is 0 Å². The summed E-state index contributed by atoms with van der Waals surface area (Å²) in [5.41, 5.74) is 6.39. The van der Waals surface area contributed by atoms with E-state index in [1.165, 1.54) is 19.2 Å². The molecular weight excluding hydrogens is 294 g/mol. The second-order valence-corrected chi connectivity index (χ2v) is 4.51. The Kier molecular flexibility index (Phi) is 4.49. The molecule has 2 rings (SSSR count). The topological polar surface area (TPSA) is 86.5 Å². The molecule has 0 radical (unpaired) electrons. The number of aromatic nitrogens is 1. The van der Waals surface area contributed by atoms with Crippen LogP contribution in [0.4, 0.5) is 11.5 Å². The molecule has 1 amide bonds. The molecule has 3 N–H and O–H groups in total. The second-order valence-electron chi connectivity index (χ2n) is 4.12. The van der Waals surface area contributed by atoms with Gasteiger partial charge in [-0.25, -0.2) is 4.98 Å². The molecule has 0 aliphatic heterocycles. The van der Waals surface area contributed by atoms with Crippen LogP contribution in [-0.2, 0) is 0 Å². The van der Waals surface area contributed by atoms with Crippen molar-refractivity contribution < 1.29 is 14.3 Å². The largest absolute Gasteiger partial charge is 0.497 e. The van der Waals surface area contributed by atoms with Crippen LogP contribution in [-0.4, -0.2) is 25.1 Å². The van der Waals surface area contributed by atoms with E-state index in [1.807, 2.05) is 0 Å². The quantitative estimate of drug-likeness (QED) is 0.848. The van der Waals surface area contributed by atoms with E-state index in [0.717, 1.165) is 0 Å². The van der Waals surface area contributed by atoms with Crippen LogP contribution in [0, 0.1) is 0 Å². The maximum atomic E-state index is 12.2. The van der Waals surface area contributed by atoms with Gasteiger partial charge in [0.05, 0.1) is 19.9 Å². The lowest BCUT2D eigenvalue weighted by atomic mass is 10.2. The van der Waals surface area contributed by atoms with E-state index in [2.05, 4.69) is 10.3 Å². The number of ether oxygens (including phenoxy) is 2. The number of halogens is 1. The van der Waals surface area contributed by atoms with Gasteiger partial charge in [0, 0.05) is 11.6 Å². The molecule has 0 aliphatic carbocycles. The number of pyridine rings is 1. The minimum absolute atomic E-state index is 0.154. The van der Waals surface area contributed by atoms with Crippen LogP contribution >= 0.6 is 11.6 Å². The number of benzene rings is 1. The van der Waals surface area contributed by atoms with Gasteiger partial charge in [-0.05, 0) is 24.3 Å². The first-order valence-electron chi connectivity index (χ1n) is 6.00. The Morgan fingerprint density at radius 2 is 2.00 bits per heavy atom. The highest BCUT2D eigenvalue weighted by Crippen LogP contribution is 2.29. The highest BCUT2D eigenvalue weighted by molar-refractivity contribution is 6.30. The van der Waals surface area contributed by atoms with Crippen molar-refractivity contribution in [2.24, 2.45) is 0 Å². The number of rotatable bonds is 4. The first kappa shape index (κ1) is 14.9. The Morgan fingerprint density at radius 1 is 1.24 bits per heavy atom. The lowest BCUT2D eigenvalue weighted by Crippen LogP contribution is -2.13. The lowest BCUT2D eigenvalue weighted by Gasteiger charge is -2.12. The predicted molar refractivity (Wildman–Crippen MR) is 81.2 cm³/mol. The van der Waals surface area contributed by atoms with E-state index >= 15 is 0 Å². The molecule has 1 aromatic carbocycles. The normalized spacial score (nSPS) is 10.0. The zero-order valence-corrected chi connectivity index (χ0v) is 12.3. The molecular formula is C14H14ClN3O3. The van der Waals surface area contributed by atoms with Crippen molar-refractivity contribution in [1.29, 1.82) is 0 Å². The highest BCUT2D eigenvalue weighted by atomic mass is 35.5. The molecule has 0 aliphatic rings. The summed E-state index contributed by atoms with van der Waals surface area (Å²) in [5.74, 6) is 0.917. The molecule has 0 fully saturated rings. The Hall–Kier alpha value is -2.47. The number of methoxy groups -OCH3 is 2. The molecule has 7 heteroatoms. The van der Waals surface area contributed by atoms with Crippen molar-refractivity contribution in [3.05, 3.63) is 41.0 Å². The van der Waals surface area contributed by atoms with Gasteiger partial charge in [-0.2, -0.15) is 0 Å². The summed E-state index contributed by atoms with van der Waals surface area (Å²) in [5, 5.41) is 2.88. The van der Waals surface area contributed by atoms with Crippen LogP contribution in [0.2, 0.25) is 5.15 Å². The van der Waals surface area contributed by atoms with Gasteiger partial charge in [0.25, 0.3) is 5.91 Å². The molecule has 0 saturated carbocycles. The number of nitrogens with zero attached hydrogens (tertiary/aromatic N) is 1. The van der Waals surface area contributed by atoms with E-state index in [1.54, 1.807) is 25.3 Å². The number of carbonyl (C=O) groups is 1. The fraction of sp³-hybridized carbons (Fsp3) is 0.143. The van der Waals surface area contributed by atoms with Crippen molar-refractivity contribution in [2.75, 3.05) is 25.3 Å². The molecule has 0 unspecified atom stereocenters. The minimum atomic E-state index is -0.366. The number of nitrogens with one attached hydrogen (secondary N) is 1. The monoisotopic (exact) mass is 307 g/mol. The SMILES string of the molecule is COc1ccc(NC(=O)c2cc(N)nc(Cl)c2)c(OC)c1. The smallest absolute Gasteiger partial charge is 0.256 e. The number of nitrogens with two attached hydrogens (primary N) is 1. The third-order valence-electron chi connectivity index (χ3n) is 2.73. The van der Waals surface area contributed by atoms with Crippen molar-refractivity contribution in [1.82, 2.24) is 4.98 Å². The van der Waals surface area contributed by atoms with Gasteiger partial charge < -0.3 is 20.5 Å². The average Bonchev–Trinajstić information content (AvgIpc) is 2.46. The Morgan fingerprint density at radius 3 is 2.62 bits per heavy atom. The molecule has 2 aromatic rings. The number of anilines is 2. The average molecular weight is 308 g/mol. The maximum absolute atomic E-state index is 12.2. The van der Waals surface area contributed by atoms with Crippen LogP contribution < -0.4 is 20.5 Å². The molecule has 1 aromatic heterocycles. The molecule has 0 saturated heterocycles. The third-order valence-corrected chi connectivity index (χ3v) is 2.93. The van der Waals surface area contributed by atoms with Gasteiger partial charge in [-0.15, -0.1) is 0 Å². The molecule has 0 bridgehead atoms. The van der Waals surface area contributed by atoms with Gasteiger partial charge in [-0.3, -0.25) is 4.79 Å². The van der Waals surface area contributed by atoms with Gasteiger partial charge in [-0.1, -0.05) is 11.6 Å². The molecule has 1 heterocycles. The Bertz CT molecular complexity index is 656. The predicted octanol–water partition coefficient (Wildman–Crippen LogP) is 2.59. The first-order chi connectivity index (χ1) is 10.0. The third kappa shape index (κ3) is 3.55. The first-order valence-corrected chi connectivity index (χ1v) is 6.37. The molecule has 0 spiro atoms. The number of hydrogen-bond donors (Lipinski definition) is 2. The second kappa shape index (κ2) is 6.32. The maximum Gasteiger partial charge on any atom is 0.256 e. The summed E-state index contributed by atoms with van der Waals surface area (Å²) in [6.45, 7) is 0. The van der Waals surface area contributed by atoms with E-state index in [4.69, 9.17) is 26.8 Å². The number of amides is 1. The summed E-state index contributed by atoms with van der Waals surface area (Å²) in [7, 11) is 3.06. The highest BCUT2D eigenvalue weighted by Gasteiger charge is 2.12. The zero-order valence-electron chi connectivity index (χ0n) is 11.5. The summed E-state index contributed by atoms with van der Waals surface area (Å²) >= 11 is 5.78. The van der Waals surface area contributed by atoms with Crippen molar-refractivity contribution >= 4 is 29.0 Å². The van der Waals surface area contributed by atoms with Crippen LogP contribution in [0.5, 0.6) is 11.5 Å². The summed E-state index contributed by atoms with van der Waals surface area (Å²) < 4.78 is 10.3. The minimum Gasteiger partial charge on any atom is -0.497 e. The van der Waals surface area contributed by atoms with Crippen molar-refractivity contribution in [3.63, 3.8) is 0 Å². The van der Waals surface area contributed by atoms with Crippen LogP contribution in [0.1, 0.15) is 10.4 Å². The number of nitrogen functional groups attached to an aromatic ring is 1. The van der Waals surface area contributed by atoms with Crippen LogP contribution in [0.3, 0.4) is 0 Å². The Labute approximate surface area is 126 Å². The fourth-order valence-electron chi connectivity index (χ4n) is 1.74. The summed E-state index contributed by atoms with van der Waals surface area (Å²) in [6.07, 6.45) is 0. The fourth-order valence-corrected chi connectivity index (χ4v) is 1.96. The zero-order chi connectivity index (χ0) is 15.4. The lowest BCUT2D eigenvalue weighted by molar-refractivity contribution is 0.102. The van der Waals surface area contributed by atoms with Gasteiger partial charge in [0.15, 0.2) is 0 Å². The van der Waals surface area contributed by atoms with Gasteiger partial charge in [0.1, 0.15) is 22.5 Å². The molecule has 6 nitrogen and oxygen atoms in total.